The minimum Gasteiger partial charge on any atom is -0.497 e. The Morgan fingerprint density at radius 2 is 2.05 bits per heavy atom. The van der Waals surface area contributed by atoms with E-state index in [0.29, 0.717) is 5.69 Å². The molecule has 0 fully saturated rings. The topological polar surface area (TPSA) is 50.0 Å². The second kappa shape index (κ2) is 6.27. The van der Waals surface area contributed by atoms with E-state index in [2.05, 4.69) is 30.4 Å². The molecule has 2 aromatic rings. The standard InChI is InChI=1S/C16H19N3O/c1-12(14-4-6-16(20-3)7-5-14)18-10-13-8-15(9-17)19(2)11-13/h4-8,11-12,18H,10H2,1-3H3. The molecular weight excluding hydrogens is 250 g/mol. The van der Waals surface area contributed by atoms with Gasteiger partial charge in [0.25, 0.3) is 0 Å². The molecule has 20 heavy (non-hydrogen) atoms. The summed E-state index contributed by atoms with van der Waals surface area (Å²) in [5.41, 5.74) is 3.01. The predicted molar refractivity (Wildman–Crippen MR) is 78.4 cm³/mol. The highest BCUT2D eigenvalue weighted by Crippen LogP contribution is 2.18. The van der Waals surface area contributed by atoms with Gasteiger partial charge in [0.05, 0.1) is 7.11 Å². The second-order valence-corrected chi connectivity index (χ2v) is 4.83. The molecule has 1 aromatic carbocycles. The second-order valence-electron chi connectivity index (χ2n) is 4.83. The van der Waals surface area contributed by atoms with Crippen LogP contribution >= 0.6 is 0 Å². The molecule has 0 amide bonds. The monoisotopic (exact) mass is 269 g/mol. The van der Waals surface area contributed by atoms with Crippen molar-refractivity contribution in [2.45, 2.75) is 19.5 Å². The summed E-state index contributed by atoms with van der Waals surface area (Å²) in [5.74, 6) is 0.864. The van der Waals surface area contributed by atoms with Crippen molar-refractivity contribution in [3.05, 3.63) is 53.3 Å². The molecule has 1 unspecified atom stereocenters. The molecule has 0 aliphatic rings. The fraction of sp³-hybridized carbons (Fsp3) is 0.312. The smallest absolute Gasteiger partial charge is 0.120 e. The molecule has 4 heteroatoms. The zero-order chi connectivity index (χ0) is 14.5. The van der Waals surface area contributed by atoms with Gasteiger partial charge in [-0.25, -0.2) is 0 Å². The van der Waals surface area contributed by atoms with Crippen molar-refractivity contribution < 1.29 is 4.74 Å². The quantitative estimate of drug-likeness (QED) is 0.908. The minimum absolute atomic E-state index is 0.242. The van der Waals surface area contributed by atoms with E-state index in [0.717, 1.165) is 17.9 Å². The van der Waals surface area contributed by atoms with Crippen molar-refractivity contribution in [2.75, 3.05) is 7.11 Å². The molecule has 4 nitrogen and oxygen atoms in total. The fourth-order valence-electron chi connectivity index (χ4n) is 2.12. The van der Waals surface area contributed by atoms with E-state index in [-0.39, 0.29) is 6.04 Å². The summed E-state index contributed by atoms with van der Waals surface area (Å²) in [5, 5.41) is 12.4. The number of aromatic nitrogens is 1. The van der Waals surface area contributed by atoms with Crippen molar-refractivity contribution in [3.8, 4) is 11.8 Å². The van der Waals surface area contributed by atoms with E-state index in [1.165, 1.54) is 5.56 Å². The number of nitrogens with one attached hydrogen (secondary N) is 1. The van der Waals surface area contributed by atoms with Gasteiger partial charge >= 0.3 is 0 Å². The molecular formula is C16H19N3O. The average molecular weight is 269 g/mol. The number of hydrogen-bond acceptors (Lipinski definition) is 3. The van der Waals surface area contributed by atoms with Gasteiger partial charge < -0.3 is 14.6 Å². The van der Waals surface area contributed by atoms with Crippen LogP contribution in [0.3, 0.4) is 0 Å². The lowest BCUT2D eigenvalue weighted by atomic mass is 10.1. The zero-order valence-corrected chi connectivity index (χ0v) is 12.1. The summed E-state index contributed by atoms with van der Waals surface area (Å²) in [7, 11) is 3.55. The molecule has 0 aliphatic heterocycles. The van der Waals surface area contributed by atoms with Gasteiger partial charge in [-0.2, -0.15) is 5.26 Å². The number of methoxy groups -OCH3 is 1. The third-order valence-corrected chi connectivity index (χ3v) is 3.40. The molecule has 1 heterocycles. The number of benzene rings is 1. The zero-order valence-electron chi connectivity index (χ0n) is 12.1. The highest BCUT2D eigenvalue weighted by Gasteiger charge is 2.07. The number of hydrogen-bond donors (Lipinski definition) is 1. The first-order chi connectivity index (χ1) is 9.63. The molecule has 2 rings (SSSR count). The maximum absolute atomic E-state index is 8.93. The molecule has 104 valence electrons. The largest absolute Gasteiger partial charge is 0.497 e. The van der Waals surface area contributed by atoms with Gasteiger partial charge in [0, 0.05) is 25.8 Å². The van der Waals surface area contributed by atoms with Crippen molar-refractivity contribution in [1.29, 1.82) is 5.26 Å². The fourth-order valence-corrected chi connectivity index (χ4v) is 2.12. The number of aryl methyl sites for hydroxylation is 1. The SMILES string of the molecule is COc1ccc(C(C)NCc2cc(C#N)n(C)c2)cc1. The van der Waals surface area contributed by atoms with Gasteiger partial charge in [-0.1, -0.05) is 12.1 Å². The van der Waals surface area contributed by atoms with Crippen LogP contribution in [0, 0.1) is 11.3 Å². The maximum atomic E-state index is 8.93. The number of nitriles is 1. The highest BCUT2D eigenvalue weighted by atomic mass is 16.5. The van der Waals surface area contributed by atoms with E-state index < -0.39 is 0 Å². The molecule has 0 radical (unpaired) electrons. The van der Waals surface area contributed by atoms with Crippen molar-refractivity contribution >= 4 is 0 Å². The first-order valence-corrected chi connectivity index (χ1v) is 6.56. The summed E-state index contributed by atoms with van der Waals surface area (Å²) < 4.78 is 7.00. The molecule has 0 spiro atoms. The lowest BCUT2D eigenvalue weighted by molar-refractivity contribution is 0.414. The summed E-state index contributed by atoms with van der Waals surface area (Å²) in [4.78, 5) is 0. The van der Waals surface area contributed by atoms with Crippen LogP contribution in [0.5, 0.6) is 5.75 Å². The third-order valence-electron chi connectivity index (χ3n) is 3.40. The summed E-state index contributed by atoms with van der Waals surface area (Å²) in [6.07, 6.45) is 1.98. The number of nitrogens with zero attached hydrogens (tertiary/aromatic N) is 2. The Labute approximate surface area is 119 Å². The van der Waals surface area contributed by atoms with Crippen LogP contribution in [0.2, 0.25) is 0 Å². The van der Waals surface area contributed by atoms with Crippen LogP contribution in [0.1, 0.15) is 29.8 Å². The van der Waals surface area contributed by atoms with Gasteiger partial charge in [-0.05, 0) is 36.2 Å². The Kier molecular flexibility index (Phi) is 4.44. The number of ether oxygens (including phenoxy) is 1. The van der Waals surface area contributed by atoms with E-state index in [1.807, 2.05) is 36.0 Å². The average Bonchev–Trinajstić information content (AvgIpc) is 2.85. The molecule has 1 N–H and O–H groups in total. The minimum atomic E-state index is 0.242. The summed E-state index contributed by atoms with van der Waals surface area (Å²) in [6, 6.07) is 12.4. The Morgan fingerprint density at radius 1 is 1.35 bits per heavy atom. The maximum Gasteiger partial charge on any atom is 0.120 e. The van der Waals surface area contributed by atoms with Gasteiger partial charge in [0.1, 0.15) is 17.5 Å². The van der Waals surface area contributed by atoms with E-state index in [4.69, 9.17) is 10.00 Å². The molecule has 0 saturated heterocycles. The van der Waals surface area contributed by atoms with Crippen molar-refractivity contribution in [3.63, 3.8) is 0 Å². The molecule has 1 atom stereocenters. The third kappa shape index (κ3) is 3.19. The molecule has 1 aromatic heterocycles. The van der Waals surface area contributed by atoms with Crippen LogP contribution < -0.4 is 10.1 Å². The summed E-state index contributed by atoms with van der Waals surface area (Å²) >= 11 is 0. The Bertz CT molecular complexity index is 608. The Balaban J connectivity index is 1.97. The van der Waals surface area contributed by atoms with Crippen LogP contribution in [0.4, 0.5) is 0 Å². The van der Waals surface area contributed by atoms with Crippen LogP contribution in [0.15, 0.2) is 36.5 Å². The van der Waals surface area contributed by atoms with E-state index in [1.54, 1.807) is 7.11 Å². The Hall–Kier alpha value is -2.25. The predicted octanol–water partition coefficient (Wildman–Crippen LogP) is 2.76. The van der Waals surface area contributed by atoms with Gasteiger partial charge in [-0.15, -0.1) is 0 Å². The lowest BCUT2D eigenvalue weighted by Gasteiger charge is -2.14. The van der Waals surface area contributed by atoms with Gasteiger partial charge in [-0.3, -0.25) is 0 Å². The van der Waals surface area contributed by atoms with Crippen LogP contribution in [-0.2, 0) is 13.6 Å². The van der Waals surface area contributed by atoms with Crippen LogP contribution in [0.25, 0.3) is 0 Å². The van der Waals surface area contributed by atoms with E-state index in [9.17, 15) is 0 Å². The number of rotatable bonds is 5. The molecule has 0 aliphatic carbocycles. The van der Waals surface area contributed by atoms with Crippen molar-refractivity contribution in [2.24, 2.45) is 7.05 Å². The molecule has 0 bridgehead atoms. The molecule has 0 saturated carbocycles. The highest BCUT2D eigenvalue weighted by molar-refractivity contribution is 5.30. The van der Waals surface area contributed by atoms with Gasteiger partial charge in [0.15, 0.2) is 0 Å². The van der Waals surface area contributed by atoms with Crippen LogP contribution in [-0.4, -0.2) is 11.7 Å². The lowest BCUT2D eigenvalue weighted by Crippen LogP contribution is -2.17. The van der Waals surface area contributed by atoms with E-state index >= 15 is 0 Å². The van der Waals surface area contributed by atoms with Crippen molar-refractivity contribution in [1.82, 2.24) is 9.88 Å². The first kappa shape index (κ1) is 14.2. The normalized spacial score (nSPS) is 11.9. The Morgan fingerprint density at radius 3 is 2.60 bits per heavy atom. The first-order valence-electron chi connectivity index (χ1n) is 6.56. The van der Waals surface area contributed by atoms with Gasteiger partial charge in [0.2, 0.25) is 0 Å². The summed E-state index contributed by atoms with van der Waals surface area (Å²) in [6.45, 7) is 2.86.